The molecule has 0 radical (unpaired) electrons. The number of rotatable bonds is 8. The van der Waals surface area contributed by atoms with Gasteiger partial charge in [0.15, 0.2) is 0 Å². The minimum Gasteiger partial charge on any atom is -0.489 e. The van der Waals surface area contributed by atoms with Crippen molar-refractivity contribution >= 4 is 30.4 Å². The van der Waals surface area contributed by atoms with Crippen LogP contribution in [0.2, 0.25) is 5.02 Å². The van der Waals surface area contributed by atoms with E-state index in [-0.39, 0.29) is 11.4 Å². The van der Waals surface area contributed by atoms with Gasteiger partial charge in [-0.25, -0.2) is 9.97 Å². The number of halogens is 1. The van der Waals surface area contributed by atoms with Gasteiger partial charge in [-0.05, 0) is 51.5 Å². The van der Waals surface area contributed by atoms with E-state index in [1.165, 1.54) is 7.05 Å². The summed E-state index contributed by atoms with van der Waals surface area (Å²) in [5.74, 6) is 0.959. The van der Waals surface area contributed by atoms with Crippen LogP contribution >= 0.6 is 24.4 Å². The summed E-state index contributed by atoms with van der Waals surface area (Å²) < 4.78 is 5.09. The van der Waals surface area contributed by atoms with Crippen molar-refractivity contribution in [2.75, 3.05) is 12.5 Å². The van der Waals surface area contributed by atoms with Gasteiger partial charge in [-0.2, -0.15) is 15.9 Å². The fourth-order valence-corrected chi connectivity index (χ4v) is 3.88. The van der Waals surface area contributed by atoms with Gasteiger partial charge in [0.1, 0.15) is 32.2 Å². The lowest BCUT2D eigenvalue weighted by atomic mass is 9.77. The molecule has 2 aromatic carbocycles. The maximum Gasteiger partial charge on any atom is 0.273 e. The third kappa shape index (κ3) is 6.15. The zero-order valence-corrected chi connectivity index (χ0v) is 20.7. The molecule has 1 heterocycles. The van der Waals surface area contributed by atoms with Crippen LogP contribution in [0, 0.1) is 11.3 Å². The first-order valence-corrected chi connectivity index (χ1v) is 11.2. The van der Waals surface area contributed by atoms with Gasteiger partial charge in [0.25, 0.3) is 5.95 Å². The molecule has 0 aliphatic heterocycles. The van der Waals surface area contributed by atoms with Crippen LogP contribution in [0.25, 0.3) is 0 Å². The maximum absolute atomic E-state index is 9.57. The SMILES string of the molecule is CCc1c(Cl)cc(C(C)(C)c2ccc(OCc3cnc(N[N+](C)(O)S)nc3)cc2)cc1C#N. The van der Waals surface area contributed by atoms with Crippen LogP contribution < -0.4 is 10.2 Å². The molecule has 0 aliphatic rings. The largest absolute Gasteiger partial charge is 0.489 e. The number of aromatic nitrogens is 2. The van der Waals surface area contributed by atoms with E-state index < -0.39 is 4.16 Å². The second-order valence-electron chi connectivity index (χ2n) is 8.33. The molecule has 172 valence electrons. The number of ether oxygens (including phenoxy) is 1. The number of hydrogen-bond acceptors (Lipinski definition) is 7. The summed E-state index contributed by atoms with van der Waals surface area (Å²) in [6, 6.07) is 14.0. The number of anilines is 1. The Morgan fingerprint density at radius 1 is 1.18 bits per heavy atom. The first kappa shape index (κ1) is 24.8. The molecule has 0 aliphatic carbocycles. The molecule has 3 rings (SSSR count). The molecule has 3 aromatic rings. The van der Waals surface area contributed by atoms with E-state index in [2.05, 4.69) is 48.1 Å². The zero-order valence-electron chi connectivity index (χ0n) is 19.0. The average Bonchev–Trinajstić information content (AvgIpc) is 2.77. The molecule has 0 bridgehead atoms. The van der Waals surface area contributed by atoms with Crippen LogP contribution in [0.3, 0.4) is 0 Å². The van der Waals surface area contributed by atoms with Crippen molar-refractivity contribution in [3.05, 3.63) is 81.6 Å². The number of hydrogen-bond donors (Lipinski definition) is 3. The zero-order chi connectivity index (χ0) is 24.2. The summed E-state index contributed by atoms with van der Waals surface area (Å²) in [4.78, 5) is 8.26. The normalized spacial score (nSPS) is 13.2. The summed E-state index contributed by atoms with van der Waals surface area (Å²) in [6.07, 6.45) is 3.95. The van der Waals surface area contributed by atoms with E-state index in [1.807, 2.05) is 43.3 Å². The molecular formula is C24H27ClN5O2S+. The Hall–Kier alpha value is -2.83. The topological polar surface area (TPSA) is 91.1 Å². The first-order chi connectivity index (χ1) is 15.5. The van der Waals surface area contributed by atoms with Gasteiger partial charge in [-0.1, -0.05) is 44.5 Å². The summed E-state index contributed by atoms with van der Waals surface area (Å²) in [7, 11) is 1.42. The van der Waals surface area contributed by atoms with Crippen molar-refractivity contribution in [3.8, 4) is 11.8 Å². The van der Waals surface area contributed by atoms with Crippen molar-refractivity contribution in [3.63, 3.8) is 0 Å². The maximum atomic E-state index is 9.57. The van der Waals surface area contributed by atoms with E-state index >= 15 is 0 Å². The van der Waals surface area contributed by atoms with Crippen LogP contribution in [0.15, 0.2) is 48.8 Å². The van der Waals surface area contributed by atoms with Crippen molar-refractivity contribution in [2.24, 2.45) is 0 Å². The number of nitriles is 1. The number of hydroxylamine groups is 1. The highest BCUT2D eigenvalue weighted by atomic mass is 35.5. The standard InChI is InChI=1S/C24H27ClN5O2S/c1-5-21-17(12-26)10-19(11-22(21)25)24(2,3)18-6-8-20(9-7-18)32-15-16-13-27-23(28-14-16)29-30(4,31)33/h6-11,13-14,31,33H,5,15H2,1-4H3,(H,27,28,29)/q+1. The van der Waals surface area contributed by atoms with Crippen molar-refractivity contribution in [1.29, 1.82) is 5.26 Å². The van der Waals surface area contributed by atoms with Gasteiger partial charge < -0.3 is 4.74 Å². The van der Waals surface area contributed by atoms with E-state index in [4.69, 9.17) is 16.3 Å². The summed E-state index contributed by atoms with van der Waals surface area (Å²) >= 11 is 10.4. The van der Waals surface area contributed by atoms with Gasteiger partial charge in [-0.15, -0.1) is 0 Å². The van der Waals surface area contributed by atoms with Crippen LogP contribution in [0.4, 0.5) is 5.95 Å². The molecular weight excluding hydrogens is 458 g/mol. The summed E-state index contributed by atoms with van der Waals surface area (Å²) in [5, 5.41) is 19.7. The molecule has 0 amide bonds. The molecule has 7 nitrogen and oxygen atoms in total. The highest BCUT2D eigenvalue weighted by Crippen LogP contribution is 2.36. The van der Waals surface area contributed by atoms with Crippen LogP contribution in [-0.4, -0.2) is 26.4 Å². The van der Waals surface area contributed by atoms with Crippen LogP contribution in [0.5, 0.6) is 5.75 Å². The van der Waals surface area contributed by atoms with Crippen LogP contribution in [0.1, 0.15) is 48.6 Å². The second-order valence-corrected chi connectivity index (χ2v) is 9.51. The lowest BCUT2D eigenvalue weighted by Gasteiger charge is -2.27. The lowest BCUT2D eigenvalue weighted by Crippen LogP contribution is -2.36. The predicted molar refractivity (Wildman–Crippen MR) is 131 cm³/mol. The number of nitrogens with one attached hydrogen (secondary N) is 1. The third-order valence-electron chi connectivity index (χ3n) is 5.39. The smallest absolute Gasteiger partial charge is 0.273 e. The Kier molecular flexibility index (Phi) is 7.50. The Morgan fingerprint density at radius 3 is 2.36 bits per heavy atom. The minimum absolute atomic E-state index is 0.247. The molecule has 0 fully saturated rings. The number of quaternary nitrogens is 1. The van der Waals surface area contributed by atoms with E-state index in [0.29, 0.717) is 29.4 Å². The van der Waals surface area contributed by atoms with Gasteiger partial charge in [0, 0.05) is 28.4 Å². The number of benzene rings is 2. The molecule has 0 spiro atoms. The number of nitrogens with zero attached hydrogens (tertiary/aromatic N) is 4. The molecule has 9 heteroatoms. The predicted octanol–water partition coefficient (Wildman–Crippen LogP) is 5.48. The molecule has 33 heavy (non-hydrogen) atoms. The monoisotopic (exact) mass is 484 g/mol. The molecule has 0 saturated carbocycles. The molecule has 1 unspecified atom stereocenters. The molecule has 2 N–H and O–H groups in total. The molecule has 1 atom stereocenters. The van der Waals surface area contributed by atoms with Crippen LogP contribution in [-0.2, 0) is 18.4 Å². The Morgan fingerprint density at radius 2 is 1.82 bits per heavy atom. The second kappa shape index (κ2) is 9.98. The highest BCUT2D eigenvalue weighted by Gasteiger charge is 2.25. The number of thiol groups is 1. The average molecular weight is 485 g/mol. The van der Waals surface area contributed by atoms with E-state index in [1.54, 1.807) is 12.4 Å². The molecule has 1 aromatic heterocycles. The van der Waals surface area contributed by atoms with E-state index in [0.717, 1.165) is 22.3 Å². The fourth-order valence-electron chi connectivity index (χ4n) is 3.43. The first-order valence-electron chi connectivity index (χ1n) is 10.4. The minimum atomic E-state index is -0.772. The van der Waals surface area contributed by atoms with Gasteiger partial charge >= 0.3 is 0 Å². The van der Waals surface area contributed by atoms with E-state index in [9.17, 15) is 10.5 Å². The summed E-state index contributed by atoms with van der Waals surface area (Å²) in [6.45, 7) is 6.51. The molecule has 0 saturated heterocycles. The Bertz CT molecular complexity index is 1150. The third-order valence-corrected chi connectivity index (χ3v) is 5.83. The fraction of sp³-hybridized carbons (Fsp3) is 0.292. The Balaban J connectivity index is 1.71. The van der Waals surface area contributed by atoms with Crippen molar-refractivity contribution < 1.29 is 14.1 Å². The summed E-state index contributed by atoms with van der Waals surface area (Å²) in [5.41, 5.74) is 6.60. The van der Waals surface area contributed by atoms with Gasteiger partial charge in [0.05, 0.1) is 11.6 Å². The quantitative estimate of drug-likeness (QED) is 0.223. The Labute approximate surface area is 204 Å². The van der Waals surface area contributed by atoms with Crippen molar-refractivity contribution in [2.45, 2.75) is 39.2 Å². The van der Waals surface area contributed by atoms with Crippen molar-refractivity contribution in [1.82, 2.24) is 9.97 Å². The highest BCUT2D eigenvalue weighted by molar-refractivity contribution is 7.74. The van der Waals surface area contributed by atoms with Gasteiger partial charge in [0.2, 0.25) is 0 Å². The van der Waals surface area contributed by atoms with Gasteiger partial charge in [-0.3, -0.25) is 0 Å². The lowest BCUT2D eigenvalue weighted by molar-refractivity contribution is -0.955.